The van der Waals surface area contributed by atoms with Gasteiger partial charge < -0.3 is 5.32 Å². The smallest absolute Gasteiger partial charge is 0.182 e. The van der Waals surface area contributed by atoms with Gasteiger partial charge in [0.05, 0.1) is 0 Å². The maximum Gasteiger partial charge on any atom is 0.182 e. The third-order valence-electron chi connectivity index (χ3n) is 2.73. The zero-order chi connectivity index (χ0) is 11.4. The predicted molar refractivity (Wildman–Crippen MR) is 61.9 cm³/mol. The quantitative estimate of drug-likeness (QED) is 0.598. The lowest BCUT2D eigenvalue weighted by atomic mass is 10.2. The van der Waals surface area contributed by atoms with Crippen molar-refractivity contribution >= 4 is 11.6 Å². The fourth-order valence-electron chi connectivity index (χ4n) is 2.04. The van der Waals surface area contributed by atoms with Gasteiger partial charge in [0.15, 0.2) is 6.19 Å². The summed E-state index contributed by atoms with van der Waals surface area (Å²) in [6, 6.07) is 2.29. The van der Waals surface area contributed by atoms with E-state index < -0.39 is 0 Å². The number of rotatable bonds is 3. The number of hydrogen-bond acceptors (Lipinski definition) is 5. The largest absolute Gasteiger partial charge is 0.367 e. The maximum atomic E-state index is 8.54. The van der Waals surface area contributed by atoms with Crippen molar-refractivity contribution in [3.63, 3.8) is 0 Å². The van der Waals surface area contributed by atoms with Crippen LogP contribution in [0.25, 0.3) is 0 Å². The van der Waals surface area contributed by atoms with E-state index in [1.54, 1.807) is 6.07 Å². The Morgan fingerprint density at radius 3 is 2.69 bits per heavy atom. The van der Waals surface area contributed by atoms with Crippen molar-refractivity contribution in [3.8, 4) is 6.19 Å². The van der Waals surface area contributed by atoms with Crippen LogP contribution in [-0.2, 0) is 0 Å². The Hall–Kier alpha value is -1.83. The van der Waals surface area contributed by atoms with Crippen LogP contribution in [-0.4, -0.2) is 16.0 Å². The molecule has 0 spiro atoms. The van der Waals surface area contributed by atoms with Crippen molar-refractivity contribution in [1.29, 1.82) is 5.26 Å². The van der Waals surface area contributed by atoms with Crippen LogP contribution in [0.1, 0.15) is 31.5 Å². The van der Waals surface area contributed by atoms with Gasteiger partial charge in [0.1, 0.15) is 17.5 Å². The molecule has 0 aliphatic heterocycles. The van der Waals surface area contributed by atoms with Crippen molar-refractivity contribution < 1.29 is 0 Å². The first-order chi connectivity index (χ1) is 7.78. The first kappa shape index (κ1) is 10.7. The second-order valence-corrected chi connectivity index (χ2v) is 4.05. The van der Waals surface area contributed by atoms with Crippen molar-refractivity contribution in [1.82, 2.24) is 9.97 Å². The summed E-state index contributed by atoms with van der Waals surface area (Å²) in [5, 5.41) is 14.5. The molecule has 0 aromatic carbocycles. The molecule has 84 valence electrons. The molecular formula is C11H15N5. The van der Waals surface area contributed by atoms with Crippen LogP contribution >= 0.6 is 0 Å². The molecule has 0 unspecified atom stereocenters. The van der Waals surface area contributed by atoms with Crippen molar-refractivity contribution in [2.75, 3.05) is 10.6 Å². The highest BCUT2D eigenvalue weighted by molar-refractivity contribution is 5.49. The van der Waals surface area contributed by atoms with Crippen LogP contribution in [0.3, 0.4) is 0 Å². The Kier molecular flexibility index (Phi) is 3.20. The third-order valence-corrected chi connectivity index (χ3v) is 2.73. The minimum atomic E-state index is 0.518. The lowest BCUT2D eigenvalue weighted by Gasteiger charge is -2.13. The SMILES string of the molecule is Cc1nc(NC#N)cc(NC2CCCC2)n1. The van der Waals surface area contributed by atoms with Gasteiger partial charge in [-0.05, 0) is 19.8 Å². The molecule has 1 fully saturated rings. The lowest BCUT2D eigenvalue weighted by Crippen LogP contribution is -2.16. The number of aryl methyl sites for hydroxylation is 1. The van der Waals surface area contributed by atoms with Gasteiger partial charge in [0.25, 0.3) is 0 Å². The van der Waals surface area contributed by atoms with E-state index in [4.69, 9.17) is 5.26 Å². The van der Waals surface area contributed by atoms with E-state index in [2.05, 4.69) is 20.6 Å². The number of aromatic nitrogens is 2. The normalized spacial score (nSPS) is 15.8. The fraction of sp³-hybridized carbons (Fsp3) is 0.545. The molecule has 5 heteroatoms. The van der Waals surface area contributed by atoms with E-state index in [9.17, 15) is 0 Å². The van der Waals surface area contributed by atoms with E-state index in [-0.39, 0.29) is 0 Å². The molecule has 1 aliphatic rings. The summed E-state index contributed by atoms with van der Waals surface area (Å²) in [7, 11) is 0. The van der Waals surface area contributed by atoms with Gasteiger partial charge in [-0.25, -0.2) is 9.97 Å². The number of hydrogen-bond donors (Lipinski definition) is 2. The molecule has 1 heterocycles. The molecule has 1 aromatic heterocycles. The molecule has 1 aromatic rings. The summed E-state index contributed by atoms with van der Waals surface area (Å²) < 4.78 is 0. The van der Waals surface area contributed by atoms with Gasteiger partial charge in [-0.15, -0.1) is 0 Å². The zero-order valence-electron chi connectivity index (χ0n) is 9.32. The van der Waals surface area contributed by atoms with Gasteiger partial charge in [-0.3, -0.25) is 5.32 Å². The van der Waals surface area contributed by atoms with Crippen LogP contribution in [0.5, 0.6) is 0 Å². The Balaban J connectivity index is 2.10. The summed E-state index contributed by atoms with van der Waals surface area (Å²) in [5.74, 6) is 2.02. The highest BCUT2D eigenvalue weighted by Crippen LogP contribution is 2.22. The van der Waals surface area contributed by atoms with E-state index >= 15 is 0 Å². The second kappa shape index (κ2) is 4.79. The lowest BCUT2D eigenvalue weighted by molar-refractivity contribution is 0.748. The Morgan fingerprint density at radius 2 is 2.00 bits per heavy atom. The van der Waals surface area contributed by atoms with Crippen LogP contribution in [0.2, 0.25) is 0 Å². The predicted octanol–water partition coefficient (Wildman–Crippen LogP) is 2.03. The number of anilines is 2. The molecule has 0 bridgehead atoms. The Labute approximate surface area is 94.9 Å². The number of nitrogens with zero attached hydrogens (tertiary/aromatic N) is 3. The van der Waals surface area contributed by atoms with E-state index in [0.29, 0.717) is 17.7 Å². The van der Waals surface area contributed by atoms with Crippen LogP contribution in [0, 0.1) is 18.4 Å². The molecule has 16 heavy (non-hydrogen) atoms. The van der Waals surface area contributed by atoms with Crippen molar-refractivity contribution in [2.24, 2.45) is 0 Å². The van der Waals surface area contributed by atoms with Gasteiger partial charge in [-0.2, -0.15) is 5.26 Å². The third kappa shape index (κ3) is 2.60. The van der Waals surface area contributed by atoms with Gasteiger partial charge in [0, 0.05) is 12.1 Å². The molecule has 0 saturated heterocycles. The Morgan fingerprint density at radius 1 is 1.31 bits per heavy atom. The molecule has 0 radical (unpaired) electrons. The second-order valence-electron chi connectivity index (χ2n) is 4.05. The van der Waals surface area contributed by atoms with Crippen molar-refractivity contribution in [2.45, 2.75) is 38.6 Å². The topological polar surface area (TPSA) is 73.6 Å². The van der Waals surface area contributed by atoms with Crippen LogP contribution < -0.4 is 10.6 Å². The van der Waals surface area contributed by atoms with Crippen LogP contribution in [0.4, 0.5) is 11.6 Å². The summed E-state index contributed by atoms with van der Waals surface area (Å²) in [6.45, 7) is 1.82. The molecule has 2 rings (SSSR count). The zero-order valence-corrected chi connectivity index (χ0v) is 9.32. The molecule has 0 amide bonds. The summed E-state index contributed by atoms with van der Waals surface area (Å²) >= 11 is 0. The van der Waals surface area contributed by atoms with E-state index in [0.717, 1.165) is 5.82 Å². The average Bonchev–Trinajstić information content (AvgIpc) is 2.70. The molecule has 5 nitrogen and oxygen atoms in total. The first-order valence-corrected chi connectivity index (χ1v) is 5.55. The highest BCUT2D eigenvalue weighted by atomic mass is 15.1. The van der Waals surface area contributed by atoms with Gasteiger partial charge >= 0.3 is 0 Å². The molecule has 0 atom stereocenters. The maximum absolute atomic E-state index is 8.54. The number of nitriles is 1. The monoisotopic (exact) mass is 217 g/mol. The standard InChI is InChI=1S/C11H15N5/c1-8-14-10(13-7-12)6-11(15-8)16-9-4-2-3-5-9/h6,9H,2-5H2,1H3,(H2,13,14,15,16). The van der Waals surface area contributed by atoms with Crippen LogP contribution in [0.15, 0.2) is 6.07 Å². The fourth-order valence-corrected chi connectivity index (χ4v) is 2.04. The Bertz CT molecular complexity index is 403. The summed E-state index contributed by atoms with van der Waals surface area (Å²) in [5.41, 5.74) is 0. The summed E-state index contributed by atoms with van der Waals surface area (Å²) in [6.07, 6.45) is 6.83. The highest BCUT2D eigenvalue weighted by Gasteiger charge is 2.15. The minimum Gasteiger partial charge on any atom is -0.367 e. The minimum absolute atomic E-state index is 0.518. The number of nitrogens with one attached hydrogen (secondary N) is 2. The van der Waals surface area contributed by atoms with Gasteiger partial charge in [-0.1, -0.05) is 12.8 Å². The summed E-state index contributed by atoms with van der Waals surface area (Å²) in [4.78, 5) is 8.42. The van der Waals surface area contributed by atoms with Crippen molar-refractivity contribution in [3.05, 3.63) is 11.9 Å². The van der Waals surface area contributed by atoms with E-state index in [1.165, 1.54) is 25.7 Å². The molecule has 1 saturated carbocycles. The average molecular weight is 217 g/mol. The van der Waals surface area contributed by atoms with E-state index in [1.807, 2.05) is 13.1 Å². The van der Waals surface area contributed by atoms with Gasteiger partial charge in [0.2, 0.25) is 0 Å². The molecule has 2 N–H and O–H groups in total. The molecule has 1 aliphatic carbocycles. The first-order valence-electron chi connectivity index (χ1n) is 5.55. The molecular weight excluding hydrogens is 202 g/mol.